The van der Waals surface area contributed by atoms with Gasteiger partial charge in [-0.3, -0.25) is 0 Å². The molecule has 0 aliphatic rings. The number of rotatable bonds is 1. The smallest absolute Gasteiger partial charge is 1.00 e. The van der Waals surface area contributed by atoms with Gasteiger partial charge in [0.1, 0.15) is 0 Å². The van der Waals surface area contributed by atoms with E-state index in [9.17, 15) is 10.0 Å². The van der Waals surface area contributed by atoms with E-state index in [2.05, 4.69) is 0 Å². The summed E-state index contributed by atoms with van der Waals surface area (Å²) in [5.74, 6) is 0. The molecule has 0 aliphatic heterocycles. The Hall–Kier alpha value is 1.80. The second kappa shape index (κ2) is 12.8. The Labute approximate surface area is 120 Å². The van der Waals surface area contributed by atoms with E-state index in [0.29, 0.717) is 5.46 Å². The quantitative estimate of drug-likeness (QED) is 0.461. The molecular formula is C4H3BCl2Mg2O2S. The molecule has 1 aromatic heterocycles. The van der Waals surface area contributed by atoms with E-state index in [4.69, 9.17) is 0 Å². The standard InChI is InChI=1S/C4H3BO2S.2ClH.2Mg/c6-5(7)4-1-2-8-3-4;;;;/h1-3H;2*1H;;/q-2;;;2*+2/p-2. The van der Waals surface area contributed by atoms with Gasteiger partial charge in [0.2, 0.25) is 0 Å². The summed E-state index contributed by atoms with van der Waals surface area (Å²) in [6.45, 7) is 0. The minimum Gasteiger partial charge on any atom is -1.00 e. The third-order valence-electron chi connectivity index (χ3n) is 0.815. The monoisotopic (exact) mass is 244 g/mol. The molecule has 12 heavy (non-hydrogen) atoms. The maximum Gasteiger partial charge on any atom is 2.00 e. The van der Waals surface area contributed by atoms with Gasteiger partial charge in [0.05, 0.1) is 0 Å². The van der Waals surface area contributed by atoms with Crippen LogP contribution in [-0.2, 0) is 0 Å². The van der Waals surface area contributed by atoms with E-state index in [0.717, 1.165) is 0 Å². The van der Waals surface area contributed by atoms with Crippen molar-refractivity contribution in [3.8, 4) is 0 Å². The summed E-state index contributed by atoms with van der Waals surface area (Å²) in [5, 5.41) is 23.4. The van der Waals surface area contributed by atoms with E-state index < -0.39 is 7.12 Å². The number of halogens is 2. The van der Waals surface area contributed by atoms with Crippen molar-refractivity contribution in [3.63, 3.8) is 0 Å². The maximum atomic E-state index is 10.0. The zero-order chi connectivity index (χ0) is 5.98. The van der Waals surface area contributed by atoms with E-state index in [1.54, 1.807) is 16.8 Å². The van der Waals surface area contributed by atoms with Crippen molar-refractivity contribution >= 4 is 70.0 Å². The minimum absolute atomic E-state index is 0. The van der Waals surface area contributed by atoms with Crippen LogP contribution in [0.4, 0.5) is 0 Å². The van der Waals surface area contributed by atoms with Crippen LogP contribution in [0, 0.1) is 0 Å². The molecule has 0 radical (unpaired) electrons. The SMILES string of the molecule is [Cl-].[Cl-].[Mg+2].[Mg+2].[O-]B([O-])c1ccsc1. The third kappa shape index (κ3) is 8.40. The molecule has 1 rings (SSSR count). The van der Waals surface area contributed by atoms with E-state index in [1.807, 2.05) is 0 Å². The first-order valence-electron chi connectivity index (χ1n) is 2.14. The average molecular weight is 245 g/mol. The molecule has 0 bridgehead atoms. The minimum atomic E-state index is -1.80. The van der Waals surface area contributed by atoms with Gasteiger partial charge in [0, 0.05) is 0 Å². The molecule has 8 heteroatoms. The Balaban J connectivity index is -0.0000000800. The van der Waals surface area contributed by atoms with Crippen molar-refractivity contribution < 1.29 is 34.9 Å². The van der Waals surface area contributed by atoms with Gasteiger partial charge in [0.25, 0.3) is 0 Å². The molecule has 0 atom stereocenters. The average Bonchev–Trinajstić information content (AvgIpc) is 2.12. The van der Waals surface area contributed by atoms with Crippen molar-refractivity contribution in [1.29, 1.82) is 0 Å². The predicted molar refractivity (Wildman–Crippen MR) is 41.2 cm³/mol. The Morgan fingerprint density at radius 1 is 1.17 bits per heavy atom. The van der Waals surface area contributed by atoms with Crippen molar-refractivity contribution in [1.82, 2.24) is 0 Å². The molecule has 58 valence electrons. The van der Waals surface area contributed by atoms with Crippen LogP contribution in [0.2, 0.25) is 0 Å². The summed E-state index contributed by atoms with van der Waals surface area (Å²) in [6.07, 6.45) is 0. The molecule has 0 N–H and O–H groups in total. The summed E-state index contributed by atoms with van der Waals surface area (Å²) in [5.41, 5.74) is 0.343. The van der Waals surface area contributed by atoms with Crippen LogP contribution in [0.5, 0.6) is 0 Å². The van der Waals surface area contributed by atoms with Gasteiger partial charge in [-0.05, 0) is 10.8 Å². The topological polar surface area (TPSA) is 46.1 Å². The molecule has 0 amide bonds. The zero-order valence-electron chi connectivity index (χ0n) is 6.20. The predicted octanol–water partition coefficient (Wildman–Crippen LogP) is -8.59. The molecule has 1 aromatic rings. The van der Waals surface area contributed by atoms with Crippen LogP contribution < -0.4 is 40.3 Å². The third-order valence-corrected chi connectivity index (χ3v) is 1.52. The van der Waals surface area contributed by atoms with E-state index in [1.165, 1.54) is 11.3 Å². The maximum absolute atomic E-state index is 10.0. The van der Waals surface area contributed by atoms with Crippen molar-refractivity contribution in [2.24, 2.45) is 0 Å². The Kier molecular flexibility index (Phi) is 25.1. The largest absolute Gasteiger partial charge is 2.00 e. The summed E-state index contributed by atoms with van der Waals surface area (Å²) in [4.78, 5) is 0. The van der Waals surface area contributed by atoms with Gasteiger partial charge in [0.15, 0.2) is 0 Å². The van der Waals surface area contributed by atoms with Crippen LogP contribution in [0.25, 0.3) is 0 Å². The molecule has 0 unspecified atom stereocenters. The van der Waals surface area contributed by atoms with Gasteiger partial charge in [-0.2, -0.15) is 11.3 Å². The van der Waals surface area contributed by atoms with Crippen LogP contribution in [0.3, 0.4) is 0 Å². The first-order valence-corrected chi connectivity index (χ1v) is 3.08. The van der Waals surface area contributed by atoms with Gasteiger partial charge in [-0.15, -0.1) is 5.46 Å². The Morgan fingerprint density at radius 2 is 1.67 bits per heavy atom. The molecule has 0 aromatic carbocycles. The summed E-state index contributed by atoms with van der Waals surface area (Å²) in [6, 6.07) is 1.55. The van der Waals surface area contributed by atoms with Crippen molar-refractivity contribution in [2.75, 3.05) is 0 Å². The normalized spacial score (nSPS) is 6.17. The van der Waals surface area contributed by atoms with Crippen LogP contribution >= 0.6 is 11.3 Å². The molecule has 1 heterocycles. The number of hydrogen-bond donors (Lipinski definition) is 0. The van der Waals surface area contributed by atoms with Crippen LogP contribution in [0.15, 0.2) is 16.8 Å². The summed E-state index contributed by atoms with van der Waals surface area (Å²) < 4.78 is 0. The molecule has 0 aliphatic carbocycles. The number of hydrogen-bond acceptors (Lipinski definition) is 3. The van der Waals surface area contributed by atoms with Gasteiger partial charge in [-0.1, -0.05) is 13.2 Å². The van der Waals surface area contributed by atoms with Gasteiger partial charge < -0.3 is 34.9 Å². The number of thiophene rings is 1. The second-order valence-corrected chi connectivity index (χ2v) is 2.17. The van der Waals surface area contributed by atoms with Gasteiger partial charge >= 0.3 is 46.1 Å². The Morgan fingerprint density at radius 3 is 1.83 bits per heavy atom. The van der Waals surface area contributed by atoms with Crippen LogP contribution in [0.1, 0.15) is 0 Å². The van der Waals surface area contributed by atoms with Crippen LogP contribution in [-0.4, -0.2) is 53.2 Å². The molecule has 2 nitrogen and oxygen atoms in total. The van der Waals surface area contributed by atoms with E-state index in [-0.39, 0.29) is 70.9 Å². The molecule has 0 fully saturated rings. The fraction of sp³-hybridized carbons (Fsp3) is 0. The summed E-state index contributed by atoms with van der Waals surface area (Å²) >= 11 is 1.37. The second-order valence-electron chi connectivity index (χ2n) is 1.39. The van der Waals surface area contributed by atoms with Crippen molar-refractivity contribution in [3.05, 3.63) is 16.8 Å². The molecule has 0 saturated heterocycles. The Bertz CT molecular complexity index is 164. The summed E-state index contributed by atoms with van der Waals surface area (Å²) in [7, 11) is -1.80. The zero-order valence-corrected chi connectivity index (χ0v) is 11.4. The first kappa shape index (κ1) is 23.5. The molecular weight excluding hydrogens is 242 g/mol. The van der Waals surface area contributed by atoms with E-state index >= 15 is 0 Å². The fourth-order valence-electron chi connectivity index (χ4n) is 0.409. The van der Waals surface area contributed by atoms with Gasteiger partial charge in [-0.25, -0.2) is 0 Å². The van der Waals surface area contributed by atoms with Crippen molar-refractivity contribution in [2.45, 2.75) is 0 Å². The fourth-order valence-corrected chi connectivity index (χ4v) is 1.07. The molecule has 0 spiro atoms. The molecule has 0 saturated carbocycles. The first-order chi connectivity index (χ1) is 3.80.